The Morgan fingerprint density at radius 1 is 1.23 bits per heavy atom. The van der Waals surface area contributed by atoms with E-state index in [2.05, 4.69) is 26.1 Å². The van der Waals surface area contributed by atoms with Crippen molar-refractivity contribution < 1.29 is 26.4 Å². The minimum atomic E-state index is -4.62. The maximum atomic E-state index is 13.2. The van der Waals surface area contributed by atoms with Gasteiger partial charge in [-0.1, -0.05) is 0 Å². The summed E-state index contributed by atoms with van der Waals surface area (Å²) in [6, 6.07) is 0. The Hall–Kier alpha value is -1.93. The van der Waals surface area contributed by atoms with Crippen molar-refractivity contribution in [3.05, 3.63) is 28.3 Å². The van der Waals surface area contributed by atoms with Crippen LogP contribution >= 0.6 is 15.9 Å². The van der Waals surface area contributed by atoms with Gasteiger partial charge in [0.1, 0.15) is 11.4 Å². The van der Waals surface area contributed by atoms with Gasteiger partial charge in [0.25, 0.3) is 0 Å². The number of nitrogens with zero attached hydrogens (tertiary/aromatic N) is 6. The maximum absolute atomic E-state index is 13.2. The van der Waals surface area contributed by atoms with Crippen molar-refractivity contribution in [3.63, 3.8) is 0 Å². The molecule has 0 N–H and O–H groups in total. The average molecular weight is 525 g/mol. The van der Waals surface area contributed by atoms with Crippen LogP contribution in [0.15, 0.2) is 21.8 Å². The molecule has 1 amide bonds. The number of carbonyl (C=O) groups is 1. The number of aromatic nitrogens is 4. The molecule has 2 aromatic rings. The fourth-order valence-electron chi connectivity index (χ4n) is 3.59. The zero-order valence-corrected chi connectivity index (χ0v) is 18.9. The Balaban J connectivity index is 1.44. The molecule has 1 saturated heterocycles. The van der Waals surface area contributed by atoms with Crippen molar-refractivity contribution in [2.45, 2.75) is 36.4 Å². The molecule has 2 aromatic heterocycles. The zero-order chi connectivity index (χ0) is 22.6. The van der Waals surface area contributed by atoms with E-state index < -0.39 is 27.8 Å². The maximum Gasteiger partial charge on any atom is 0.436 e. The Kier molecular flexibility index (Phi) is 5.67. The van der Waals surface area contributed by atoms with Crippen LogP contribution in [-0.4, -0.2) is 69.3 Å². The van der Waals surface area contributed by atoms with Crippen LogP contribution in [0.2, 0.25) is 0 Å². The van der Waals surface area contributed by atoms with Gasteiger partial charge in [0.15, 0.2) is 5.69 Å². The number of sulfonamides is 1. The van der Waals surface area contributed by atoms with Crippen LogP contribution in [0.4, 0.5) is 13.2 Å². The van der Waals surface area contributed by atoms with E-state index in [9.17, 15) is 26.4 Å². The van der Waals surface area contributed by atoms with Crippen molar-refractivity contribution in [2.75, 3.05) is 26.2 Å². The molecule has 2 aliphatic rings. The Morgan fingerprint density at radius 3 is 2.39 bits per heavy atom. The van der Waals surface area contributed by atoms with E-state index in [0.717, 1.165) is 17.5 Å². The first-order valence-electron chi connectivity index (χ1n) is 9.58. The standard InChI is InChI=1S/C17H20BrF3N6O3S/c1-24-9-12(8-22-24)31(29,30)26-6-4-25(5-7-26)13(28)10-27-15(11-2-3-11)14(18)16(23-27)17(19,20)21/h8-9,11H,2-7,10H2,1H3. The lowest BCUT2D eigenvalue weighted by atomic mass is 10.2. The van der Waals surface area contributed by atoms with Gasteiger partial charge in [0.2, 0.25) is 15.9 Å². The molecule has 1 saturated carbocycles. The minimum Gasteiger partial charge on any atom is -0.338 e. The van der Waals surface area contributed by atoms with E-state index >= 15 is 0 Å². The van der Waals surface area contributed by atoms with Crippen molar-refractivity contribution in [1.82, 2.24) is 28.8 Å². The van der Waals surface area contributed by atoms with E-state index in [4.69, 9.17) is 0 Å². The summed E-state index contributed by atoms with van der Waals surface area (Å²) >= 11 is 3.01. The van der Waals surface area contributed by atoms with Gasteiger partial charge in [0.05, 0.1) is 16.4 Å². The predicted molar refractivity (Wildman–Crippen MR) is 105 cm³/mol. The van der Waals surface area contributed by atoms with Crippen molar-refractivity contribution >= 4 is 31.9 Å². The third-order valence-corrected chi connectivity index (χ3v) is 7.99. The molecule has 1 aliphatic heterocycles. The molecule has 0 radical (unpaired) electrons. The van der Waals surface area contributed by atoms with Gasteiger partial charge in [-0.3, -0.25) is 14.2 Å². The van der Waals surface area contributed by atoms with Gasteiger partial charge in [-0.15, -0.1) is 0 Å². The highest BCUT2D eigenvalue weighted by molar-refractivity contribution is 9.10. The molecule has 0 spiro atoms. The third-order valence-electron chi connectivity index (χ3n) is 5.36. The van der Waals surface area contributed by atoms with Crippen LogP contribution in [0.5, 0.6) is 0 Å². The second-order valence-electron chi connectivity index (χ2n) is 7.61. The van der Waals surface area contributed by atoms with E-state index in [1.54, 1.807) is 7.05 Å². The largest absolute Gasteiger partial charge is 0.436 e. The second kappa shape index (κ2) is 7.89. The van der Waals surface area contributed by atoms with Gasteiger partial charge in [-0.25, -0.2) is 8.42 Å². The summed E-state index contributed by atoms with van der Waals surface area (Å²) in [7, 11) is -2.10. The zero-order valence-electron chi connectivity index (χ0n) is 16.5. The topological polar surface area (TPSA) is 93.3 Å². The normalized spacial score (nSPS) is 18.5. The molecule has 0 bridgehead atoms. The number of aryl methyl sites for hydroxylation is 1. The third kappa shape index (κ3) is 4.37. The van der Waals surface area contributed by atoms with Crippen LogP contribution < -0.4 is 0 Å². The van der Waals surface area contributed by atoms with Crippen molar-refractivity contribution in [1.29, 1.82) is 0 Å². The number of rotatable bonds is 5. The van der Waals surface area contributed by atoms with Crippen molar-refractivity contribution in [3.8, 4) is 0 Å². The molecule has 0 unspecified atom stereocenters. The number of alkyl halides is 3. The molecule has 9 nitrogen and oxygen atoms in total. The van der Waals surface area contributed by atoms with Gasteiger partial charge < -0.3 is 4.90 Å². The van der Waals surface area contributed by atoms with Crippen molar-refractivity contribution in [2.24, 2.45) is 7.05 Å². The van der Waals surface area contributed by atoms with Gasteiger partial charge in [-0.2, -0.15) is 27.7 Å². The smallest absolute Gasteiger partial charge is 0.338 e. The highest BCUT2D eigenvalue weighted by Crippen LogP contribution is 2.47. The second-order valence-corrected chi connectivity index (χ2v) is 10.3. The van der Waals surface area contributed by atoms with Crippen LogP contribution in [0.1, 0.15) is 30.1 Å². The molecular formula is C17H20BrF3N6O3S. The van der Waals surface area contributed by atoms with Gasteiger partial charge >= 0.3 is 6.18 Å². The number of hydrogen-bond donors (Lipinski definition) is 0. The first-order chi connectivity index (χ1) is 14.5. The van der Waals surface area contributed by atoms with E-state index in [1.165, 1.54) is 26.3 Å². The summed E-state index contributed by atoms with van der Waals surface area (Å²) in [5, 5.41) is 7.53. The first kappa shape index (κ1) is 22.3. The molecule has 31 heavy (non-hydrogen) atoms. The summed E-state index contributed by atoms with van der Waals surface area (Å²) in [5.41, 5.74) is -0.645. The van der Waals surface area contributed by atoms with Gasteiger partial charge in [0, 0.05) is 45.3 Å². The number of amides is 1. The molecular weight excluding hydrogens is 505 g/mol. The Bertz CT molecular complexity index is 1100. The van der Waals surface area contributed by atoms with E-state index in [0.29, 0.717) is 5.69 Å². The molecule has 2 fully saturated rings. The molecule has 4 rings (SSSR count). The summed E-state index contributed by atoms with van der Waals surface area (Å²) in [5.74, 6) is -0.448. The van der Waals surface area contributed by atoms with Gasteiger partial charge in [-0.05, 0) is 28.8 Å². The Morgan fingerprint density at radius 2 is 1.87 bits per heavy atom. The summed E-state index contributed by atoms with van der Waals surface area (Å²) in [6.07, 6.45) is -0.454. The average Bonchev–Trinajstić information content (AvgIpc) is 3.33. The fourth-order valence-corrected chi connectivity index (χ4v) is 5.83. The SMILES string of the molecule is Cn1cc(S(=O)(=O)N2CCN(C(=O)Cn3nc(C(F)(F)F)c(Br)c3C3CC3)CC2)cn1. The molecule has 0 aromatic carbocycles. The van der Waals surface area contributed by atoms with Crippen LogP contribution in [0, 0.1) is 0 Å². The highest BCUT2D eigenvalue weighted by Gasteiger charge is 2.42. The minimum absolute atomic E-state index is 0.0488. The lowest BCUT2D eigenvalue weighted by Gasteiger charge is -2.33. The summed E-state index contributed by atoms with van der Waals surface area (Å²) in [6.45, 7) is 0.150. The Labute approximate surface area is 185 Å². The number of halogens is 4. The van der Waals surface area contributed by atoms with E-state index in [-0.39, 0.29) is 48.0 Å². The van der Waals surface area contributed by atoms with Crippen LogP contribution in [0.25, 0.3) is 0 Å². The molecule has 14 heteroatoms. The predicted octanol–water partition coefficient (Wildman–Crippen LogP) is 1.81. The monoisotopic (exact) mass is 524 g/mol. The fraction of sp³-hybridized carbons (Fsp3) is 0.588. The highest BCUT2D eigenvalue weighted by atomic mass is 79.9. The molecule has 0 atom stereocenters. The van der Waals surface area contributed by atoms with Crippen LogP contribution in [0.3, 0.4) is 0 Å². The number of carbonyl (C=O) groups excluding carboxylic acids is 1. The lowest BCUT2D eigenvalue weighted by molar-refractivity contribution is -0.142. The summed E-state index contributed by atoms with van der Waals surface area (Å²) < 4.78 is 68.8. The lowest BCUT2D eigenvalue weighted by Crippen LogP contribution is -2.51. The number of hydrogen-bond acceptors (Lipinski definition) is 5. The first-order valence-corrected chi connectivity index (χ1v) is 11.8. The summed E-state index contributed by atoms with van der Waals surface area (Å²) in [4.78, 5) is 14.3. The quantitative estimate of drug-likeness (QED) is 0.594. The molecule has 3 heterocycles. The molecule has 1 aliphatic carbocycles. The van der Waals surface area contributed by atoms with E-state index in [1.807, 2.05) is 0 Å². The molecule has 170 valence electrons. The number of piperazine rings is 1. The van der Waals surface area contributed by atoms with Crippen LogP contribution in [-0.2, 0) is 34.6 Å².